The standard InChI is InChI=1S/C12H13NO3S.C11H14O4S2/c1-15-11-4-8(3-10(14)7-17)9(6-13)5-12(11)16-2;12-4-5-17(14,15)11-3-1-2-9(7-11)6-10(13)8-16/h4-5,17H,3,7H2,1-2H3;1-3,7,12,16H,4-6,8H2. The van der Waals surface area contributed by atoms with Crippen molar-refractivity contribution in [1.29, 1.82) is 5.26 Å². The number of carbonyl (C=O) groups is 2. The number of nitrogens with zero attached hydrogens (tertiary/aromatic N) is 1. The molecule has 0 spiro atoms. The Kier molecular flexibility index (Phi) is 12.7. The fourth-order valence-electron chi connectivity index (χ4n) is 2.81. The zero-order chi connectivity index (χ0) is 25.7. The Balaban J connectivity index is 0.000000340. The third kappa shape index (κ3) is 9.02. The van der Waals surface area contributed by atoms with Gasteiger partial charge in [0.1, 0.15) is 11.6 Å². The molecule has 0 aromatic heterocycles. The summed E-state index contributed by atoms with van der Waals surface area (Å²) in [4.78, 5) is 22.7. The Labute approximate surface area is 210 Å². The molecule has 0 bridgehead atoms. The Morgan fingerprint density at radius 1 is 1.00 bits per heavy atom. The van der Waals surface area contributed by atoms with E-state index >= 15 is 0 Å². The van der Waals surface area contributed by atoms with E-state index in [-0.39, 0.29) is 46.6 Å². The van der Waals surface area contributed by atoms with Gasteiger partial charge in [-0.05, 0) is 29.3 Å². The molecule has 184 valence electrons. The highest BCUT2D eigenvalue weighted by molar-refractivity contribution is 7.91. The van der Waals surface area contributed by atoms with Crippen LogP contribution in [0, 0.1) is 11.3 Å². The lowest BCUT2D eigenvalue weighted by molar-refractivity contribution is -0.116. The lowest BCUT2D eigenvalue weighted by atomic mass is 10.0. The van der Waals surface area contributed by atoms with Crippen molar-refractivity contribution >= 4 is 46.7 Å². The third-order valence-corrected chi connectivity index (χ3v) is 6.89. The molecule has 0 unspecified atom stereocenters. The number of sulfone groups is 1. The third-order valence-electron chi connectivity index (χ3n) is 4.49. The molecule has 1 N–H and O–H groups in total. The summed E-state index contributed by atoms with van der Waals surface area (Å²) < 4.78 is 33.6. The van der Waals surface area contributed by atoms with Gasteiger partial charge in [0.2, 0.25) is 0 Å². The molecule has 0 aliphatic rings. The first-order valence-corrected chi connectivity index (χ1v) is 12.9. The van der Waals surface area contributed by atoms with E-state index in [4.69, 9.17) is 19.8 Å². The van der Waals surface area contributed by atoms with Crippen LogP contribution >= 0.6 is 25.3 Å². The Bertz CT molecular complexity index is 1140. The fourth-order valence-corrected chi connectivity index (χ4v) is 4.13. The van der Waals surface area contributed by atoms with Crippen LogP contribution in [0.2, 0.25) is 0 Å². The van der Waals surface area contributed by atoms with Gasteiger partial charge in [-0.15, -0.1) is 0 Å². The second kappa shape index (κ2) is 14.7. The quantitative estimate of drug-likeness (QED) is 0.380. The second-order valence-electron chi connectivity index (χ2n) is 6.91. The van der Waals surface area contributed by atoms with Crippen LogP contribution in [0.25, 0.3) is 0 Å². The number of Topliss-reactive ketones (excluding diaryl/α,β-unsaturated/α-hetero) is 2. The zero-order valence-electron chi connectivity index (χ0n) is 18.9. The highest BCUT2D eigenvalue weighted by Crippen LogP contribution is 2.30. The molecule has 2 rings (SSSR count). The van der Waals surface area contributed by atoms with Gasteiger partial charge < -0.3 is 14.6 Å². The first-order chi connectivity index (χ1) is 16.1. The lowest BCUT2D eigenvalue weighted by Crippen LogP contribution is -2.11. The molecule has 0 radical (unpaired) electrons. The predicted octanol–water partition coefficient (Wildman–Crippen LogP) is 2.11. The average molecular weight is 526 g/mol. The summed E-state index contributed by atoms with van der Waals surface area (Å²) >= 11 is 7.77. The number of aliphatic hydroxyl groups excluding tert-OH is 1. The molecule has 0 amide bonds. The van der Waals surface area contributed by atoms with Crippen molar-refractivity contribution < 1.29 is 32.6 Å². The average Bonchev–Trinajstić information content (AvgIpc) is 2.84. The first kappa shape index (κ1) is 29.5. The number of nitriles is 1. The van der Waals surface area contributed by atoms with E-state index in [1.165, 1.54) is 26.4 Å². The molecule has 2 aromatic carbocycles. The highest BCUT2D eigenvalue weighted by atomic mass is 32.2. The van der Waals surface area contributed by atoms with E-state index in [1.807, 2.05) is 6.07 Å². The normalized spacial score (nSPS) is 10.5. The Morgan fingerprint density at radius 3 is 2.12 bits per heavy atom. The number of ketones is 2. The molecule has 0 fully saturated rings. The summed E-state index contributed by atoms with van der Waals surface area (Å²) in [7, 11) is -0.450. The van der Waals surface area contributed by atoms with Gasteiger partial charge in [0.15, 0.2) is 21.3 Å². The zero-order valence-corrected chi connectivity index (χ0v) is 21.5. The number of methoxy groups -OCH3 is 2. The van der Waals surface area contributed by atoms with Crippen LogP contribution < -0.4 is 9.47 Å². The highest BCUT2D eigenvalue weighted by Gasteiger charge is 2.15. The SMILES string of the molecule is COc1cc(C#N)c(CC(=O)CS)cc1OC.O=C(CS)Cc1cccc(S(=O)(=O)CCO)c1. The summed E-state index contributed by atoms with van der Waals surface area (Å²) in [6.07, 6.45) is 0.346. The van der Waals surface area contributed by atoms with Crippen LogP contribution in [-0.2, 0) is 32.3 Å². The van der Waals surface area contributed by atoms with Crippen molar-refractivity contribution in [2.45, 2.75) is 17.7 Å². The number of benzene rings is 2. The van der Waals surface area contributed by atoms with E-state index in [0.717, 1.165) is 0 Å². The number of aliphatic hydroxyl groups is 1. The molecular formula is C23H27NO7S3. The summed E-state index contributed by atoms with van der Waals surface area (Å²) in [5.74, 6) is 0.853. The topological polar surface area (TPSA) is 131 Å². The number of thiol groups is 2. The van der Waals surface area contributed by atoms with Crippen molar-refractivity contribution in [3.63, 3.8) is 0 Å². The Morgan fingerprint density at radius 2 is 1.59 bits per heavy atom. The molecule has 0 saturated carbocycles. The van der Waals surface area contributed by atoms with Crippen LogP contribution in [-0.4, -0.2) is 63.2 Å². The van der Waals surface area contributed by atoms with Crippen molar-refractivity contribution in [2.24, 2.45) is 0 Å². The second-order valence-corrected chi connectivity index (χ2v) is 9.65. The van der Waals surface area contributed by atoms with Gasteiger partial charge in [0.25, 0.3) is 0 Å². The number of hydrogen-bond donors (Lipinski definition) is 3. The molecule has 0 saturated heterocycles. The van der Waals surface area contributed by atoms with Crippen LogP contribution in [0.3, 0.4) is 0 Å². The van der Waals surface area contributed by atoms with Crippen molar-refractivity contribution in [1.82, 2.24) is 0 Å². The number of ether oxygens (including phenoxy) is 2. The largest absolute Gasteiger partial charge is 0.493 e. The maximum atomic E-state index is 11.7. The maximum absolute atomic E-state index is 11.7. The Hall–Kier alpha value is -2.52. The smallest absolute Gasteiger partial charge is 0.180 e. The van der Waals surface area contributed by atoms with E-state index in [0.29, 0.717) is 28.2 Å². The number of hydrogen-bond acceptors (Lipinski definition) is 10. The summed E-state index contributed by atoms with van der Waals surface area (Å²) in [6.45, 7) is -0.415. The van der Waals surface area contributed by atoms with Crippen molar-refractivity contribution in [3.05, 3.63) is 53.1 Å². The minimum atomic E-state index is -3.46. The van der Waals surface area contributed by atoms with Crippen molar-refractivity contribution in [2.75, 3.05) is 38.1 Å². The van der Waals surface area contributed by atoms with Gasteiger partial charge in [-0.25, -0.2) is 8.42 Å². The van der Waals surface area contributed by atoms with Crippen LogP contribution in [0.4, 0.5) is 0 Å². The number of carbonyl (C=O) groups excluding carboxylic acids is 2. The van der Waals surface area contributed by atoms with E-state index in [2.05, 4.69) is 25.3 Å². The first-order valence-electron chi connectivity index (χ1n) is 9.98. The van der Waals surface area contributed by atoms with Crippen LogP contribution in [0.1, 0.15) is 16.7 Å². The van der Waals surface area contributed by atoms with Gasteiger partial charge >= 0.3 is 0 Å². The molecule has 0 atom stereocenters. The molecule has 0 aliphatic heterocycles. The molecule has 2 aromatic rings. The molecular weight excluding hydrogens is 498 g/mol. The van der Waals surface area contributed by atoms with Gasteiger partial charge in [-0.3, -0.25) is 9.59 Å². The van der Waals surface area contributed by atoms with Gasteiger partial charge in [0.05, 0.1) is 43.1 Å². The van der Waals surface area contributed by atoms with Crippen LogP contribution in [0.5, 0.6) is 11.5 Å². The molecule has 34 heavy (non-hydrogen) atoms. The fraction of sp³-hybridized carbons (Fsp3) is 0.348. The summed E-state index contributed by atoms with van der Waals surface area (Å²) in [6, 6.07) is 11.5. The molecule has 8 nitrogen and oxygen atoms in total. The molecule has 0 heterocycles. The van der Waals surface area contributed by atoms with Gasteiger partial charge in [0, 0.05) is 30.4 Å². The minimum absolute atomic E-state index is 0.0444. The monoisotopic (exact) mass is 525 g/mol. The molecule has 11 heteroatoms. The lowest BCUT2D eigenvalue weighted by Gasteiger charge is -2.10. The van der Waals surface area contributed by atoms with E-state index in [9.17, 15) is 18.0 Å². The van der Waals surface area contributed by atoms with Crippen LogP contribution in [0.15, 0.2) is 41.3 Å². The predicted molar refractivity (Wildman–Crippen MR) is 135 cm³/mol. The summed E-state index contributed by atoms with van der Waals surface area (Å²) in [5.41, 5.74) is 1.69. The number of rotatable bonds is 11. The molecule has 0 aliphatic carbocycles. The van der Waals surface area contributed by atoms with Gasteiger partial charge in [-0.1, -0.05) is 12.1 Å². The van der Waals surface area contributed by atoms with Crippen molar-refractivity contribution in [3.8, 4) is 17.6 Å². The van der Waals surface area contributed by atoms with Gasteiger partial charge in [-0.2, -0.15) is 30.5 Å². The maximum Gasteiger partial charge on any atom is 0.180 e. The van der Waals surface area contributed by atoms with E-state index < -0.39 is 16.4 Å². The van der Waals surface area contributed by atoms with E-state index in [1.54, 1.807) is 24.3 Å². The minimum Gasteiger partial charge on any atom is -0.493 e. The summed E-state index contributed by atoms with van der Waals surface area (Å²) in [5, 5.41) is 17.7.